The Labute approximate surface area is 215 Å². The Morgan fingerprint density at radius 2 is 1.43 bits per heavy atom. The van der Waals surface area contributed by atoms with Crippen LogP contribution in [0.25, 0.3) is 0 Å². The first-order valence-corrected chi connectivity index (χ1v) is 12.9. The molecule has 10 heteroatoms. The van der Waals surface area contributed by atoms with E-state index in [1.54, 1.807) is 61.5 Å². The fourth-order valence-corrected chi connectivity index (χ4v) is 5.12. The number of sulfonamides is 1. The van der Waals surface area contributed by atoms with Crippen LogP contribution in [-0.4, -0.2) is 44.8 Å². The van der Waals surface area contributed by atoms with Gasteiger partial charge in [-0.2, -0.15) is 0 Å². The second kappa shape index (κ2) is 11.6. The Morgan fingerprint density at radius 3 is 1.97 bits per heavy atom. The van der Waals surface area contributed by atoms with E-state index in [1.165, 1.54) is 36.2 Å². The zero-order valence-electron chi connectivity index (χ0n) is 19.2. The zero-order valence-corrected chi connectivity index (χ0v) is 21.5. The third-order valence-electron chi connectivity index (χ3n) is 5.40. The molecule has 2 amide bonds. The lowest BCUT2D eigenvalue weighted by Crippen LogP contribution is -2.50. The molecule has 0 spiro atoms. The van der Waals surface area contributed by atoms with Crippen LogP contribution < -0.4 is 9.62 Å². The van der Waals surface area contributed by atoms with Gasteiger partial charge in [0.25, 0.3) is 10.0 Å². The molecule has 3 aromatic rings. The van der Waals surface area contributed by atoms with Crippen LogP contribution in [0.2, 0.25) is 10.0 Å². The smallest absolute Gasteiger partial charge is 0.264 e. The summed E-state index contributed by atoms with van der Waals surface area (Å²) in [4.78, 5) is 27.4. The van der Waals surface area contributed by atoms with E-state index in [9.17, 15) is 18.0 Å². The maximum atomic E-state index is 13.6. The third kappa shape index (κ3) is 6.54. The van der Waals surface area contributed by atoms with Gasteiger partial charge in [0, 0.05) is 23.6 Å². The Bertz CT molecular complexity index is 1270. The number of hydrogen-bond acceptors (Lipinski definition) is 4. The van der Waals surface area contributed by atoms with Crippen molar-refractivity contribution in [1.29, 1.82) is 0 Å². The molecule has 184 valence electrons. The maximum Gasteiger partial charge on any atom is 0.264 e. The van der Waals surface area contributed by atoms with Crippen LogP contribution in [0.4, 0.5) is 5.69 Å². The van der Waals surface area contributed by atoms with Crippen LogP contribution in [0.15, 0.2) is 83.8 Å². The standard InChI is InChI=1S/C25H25Cl2N3O4S/c1-18(25(32)28-2)29(16-19-8-10-20(26)11-9-19)24(31)17-30(22-14-12-21(27)13-15-22)35(33,34)23-6-4-3-5-7-23/h3-15,18H,16-17H2,1-2H3,(H,28,32). The van der Waals surface area contributed by atoms with E-state index in [0.29, 0.717) is 10.0 Å². The molecule has 0 heterocycles. The minimum atomic E-state index is -4.10. The number of nitrogens with zero attached hydrogens (tertiary/aromatic N) is 2. The second-order valence-corrected chi connectivity index (χ2v) is 10.5. The molecule has 1 N–H and O–H groups in total. The van der Waals surface area contributed by atoms with Gasteiger partial charge in [0.15, 0.2) is 0 Å². The average Bonchev–Trinajstić information content (AvgIpc) is 2.87. The Hall–Kier alpha value is -3.07. The summed E-state index contributed by atoms with van der Waals surface area (Å²) in [5.41, 5.74) is 1.01. The topological polar surface area (TPSA) is 86.8 Å². The summed E-state index contributed by atoms with van der Waals surface area (Å²) >= 11 is 12.0. The number of benzene rings is 3. The van der Waals surface area contributed by atoms with Crippen molar-refractivity contribution in [2.75, 3.05) is 17.9 Å². The highest BCUT2D eigenvalue weighted by molar-refractivity contribution is 7.92. The van der Waals surface area contributed by atoms with Gasteiger partial charge < -0.3 is 10.2 Å². The first kappa shape index (κ1) is 26.5. The zero-order chi connectivity index (χ0) is 25.6. The van der Waals surface area contributed by atoms with Gasteiger partial charge in [0.2, 0.25) is 11.8 Å². The SMILES string of the molecule is CNC(=O)C(C)N(Cc1ccc(Cl)cc1)C(=O)CN(c1ccc(Cl)cc1)S(=O)(=O)c1ccccc1. The molecule has 0 aliphatic heterocycles. The molecule has 0 saturated heterocycles. The molecule has 1 atom stereocenters. The molecular weight excluding hydrogens is 509 g/mol. The molecule has 0 radical (unpaired) electrons. The highest BCUT2D eigenvalue weighted by Gasteiger charge is 2.32. The first-order chi connectivity index (χ1) is 16.6. The molecule has 0 bridgehead atoms. The van der Waals surface area contributed by atoms with Crippen molar-refractivity contribution >= 4 is 50.7 Å². The lowest BCUT2D eigenvalue weighted by Gasteiger charge is -2.31. The van der Waals surface area contributed by atoms with Crippen molar-refractivity contribution in [3.8, 4) is 0 Å². The highest BCUT2D eigenvalue weighted by Crippen LogP contribution is 2.26. The fourth-order valence-electron chi connectivity index (χ4n) is 3.43. The first-order valence-electron chi connectivity index (χ1n) is 10.7. The third-order valence-corrected chi connectivity index (χ3v) is 7.70. The number of anilines is 1. The number of hydrogen-bond donors (Lipinski definition) is 1. The Balaban J connectivity index is 2.00. The van der Waals surface area contributed by atoms with E-state index in [2.05, 4.69) is 5.32 Å². The van der Waals surface area contributed by atoms with E-state index in [4.69, 9.17) is 23.2 Å². The molecule has 0 aromatic heterocycles. The summed E-state index contributed by atoms with van der Waals surface area (Å²) < 4.78 is 28.1. The van der Waals surface area contributed by atoms with E-state index in [-0.39, 0.29) is 23.0 Å². The summed E-state index contributed by atoms with van der Waals surface area (Å²) in [6, 6.07) is 20.0. The van der Waals surface area contributed by atoms with Crippen LogP contribution in [0.5, 0.6) is 0 Å². The van der Waals surface area contributed by atoms with Crippen LogP contribution in [0, 0.1) is 0 Å². The normalized spacial score (nSPS) is 12.0. The van der Waals surface area contributed by atoms with E-state index >= 15 is 0 Å². The van der Waals surface area contributed by atoms with Gasteiger partial charge in [0.1, 0.15) is 12.6 Å². The van der Waals surface area contributed by atoms with Crippen LogP contribution in [0.1, 0.15) is 12.5 Å². The van der Waals surface area contributed by atoms with Gasteiger partial charge in [-0.05, 0) is 61.0 Å². The molecular formula is C25H25Cl2N3O4S. The van der Waals surface area contributed by atoms with Crippen molar-refractivity contribution in [2.45, 2.75) is 24.4 Å². The summed E-state index contributed by atoms with van der Waals surface area (Å²) in [6.45, 7) is 1.16. The molecule has 0 aliphatic rings. The summed E-state index contributed by atoms with van der Waals surface area (Å²) in [5, 5.41) is 3.50. The molecule has 7 nitrogen and oxygen atoms in total. The number of amides is 2. The van der Waals surface area contributed by atoms with Gasteiger partial charge in [-0.3, -0.25) is 13.9 Å². The number of nitrogens with one attached hydrogen (secondary N) is 1. The van der Waals surface area contributed by atoms with Crippen LogP contribution in [0.3, 0.4) is 0 Å². The minimum absolute atomic E-state index is 0.0337. The lowest BCUT2D eigenvalue weighted by molar-refractivity contribution is -0.139. The summed E-state index contributed by atoms with van der Waals surface area (Å²) in [5.74, 6) is -0.929. The van der Waals surface area contributed by atoms with Crippen molar-refractivity contribution in [1.82, 2.24) is 10.2 Å². The van der Waals surface area contributed by atoms with Crippen molar-refractivity contribution in [2.24, 2.45) is 0 Å². The summed E-state index contributed by atoms with van der Waals surface area (Å²) in [7, 11) is -2.62. The molecule has 3 rings (SSSR count). The number of halogens is 2. The van der Waals surface area contributed by atoms with Gasteiger partial charge in [-0.15, -0.1) is 0 Å². The predicted octanol–water partition coefficient (Wildman–Crippen LogP) is 4.35. The fraction of sp³-hybridized carbons (Fsp3) is 0.200. The number of rotatable bonds is 9. The largest absolute Gasteiger partial charge is 0.357 e. The van der Waals surface area contributed by atoms with E-state index in [1.807, 2.05) is 0 Å². The van der Waals surface area contributed by atoms with Gasteiger partial charge >= 0.3 is 0 Å². The quantitative estimate of drug-likeness (QED) is 0.442. The number of carbonyl (C=O) groups is 2. The maximum absolute atomic E-state index is 13.6. The Kier molecular flexibility index (Phi) is 8.77. The van der Waals surface area contributed by atoms with E-state index in [0.717, 1.165) is 9.87 Å². The minimum Gasteiger partial charge on any atom is -0.357 e. The van der Waals surface area contributed by atoms with Crippen LogP contribution >= 0.6 is 23.2 Å². The number of likely N-dealkylation sites (N-methyl/N-ethyl adjacent to an activating group) is 1. The second-order valence-electron chi connectivity index (χ2n) is 7.74. The van der Waals surface area contributed by atoms with Crippen molar-refractivity contribution in [3.63, 3.8) is 0 Å². The Morgan fingerprint density at radius 1 is 0.886 bits per heavy atom. The van der Waals surface area contributed by atoms with Crippen molar-refractivity contribution < 1.29 is 18.0 Å². The van der Waals surface area contributed by atoms with Gasteiger partial charge in [-0.1, -0.05) is 53.5 Å². The molecule has 0 fully saturated rings. The predicted molar refractivity (Wildman–Crippen MR) is 138 cm³/mol. The van der Waals surface area contributed by atoms with Gasteiger partial charge in [-0.25, -0.2) is 8.42 Å². The molecule has 0 aliphatic carbocycles. The monoisotopic (exact) mass is 533 g/mol. The number of carbonyl (C=O) groups excluding carboxylic acids is 2. The molecule has 35 heavy (non-hydrogen) atoms. The lowest BCUT2D eigenvalue weighted by atomic mass is 10.1. The molecule has 3 aromatic carbocycles. The van der Waals surface area contributed by atoms with Gasteiger partial charge in [0.05, 0.1) is 10.6 Å². The molecule has 0 saturated carbocycles. The van der Waals surface area contributed by atoms with Crippen molar-refractivity contribution in [3.05, 3.63) is 94.5 Å². The van der Waals surface area contributed by atoms with Crippen LogP contribution in [-0.2, 0) is 26.2 Å². The summed E-state index contributed by atoms with van der Waals surface area (Å²) in [6.07, 6.45) is 0. The highest BCUT2D eigenvalue weighted by atomic mass is 35.5. The molecule has 1 unspecified atom stereocenters. The average molecular weight is 534 g/mol. The van der Waals surface area contributed by atoms with E-state index < -0.39 is 28.5 Å².